The quantitative estimate of drug-likeness (QED) is 0.360. The van der Waals surface area contributed by atoms with Crippen molar-refractivity contribution in [2.75, 3.05) is 0 Å². The van der Waals surface area contributed by atoms with Gasteiger partial charge in [0.05, 0.1) is 23.0 Å². The van der Waals surface area contributed by atoms with Crippen LogP contribution in [-0.4, -0.2) is 39.8 Å². The van der Waals surface area contributed by atoms with Crippen LogP contribution in [0.2, 0.25) is 0 Å². The molecular formula is C30H46O5. The zero-order chi connectivity index (χ0) is 25.8. The number of allylic oxidation sites excluding steroid dienone is 2. The molecule has 4 fully saturated rings. The zero-order valence-electron chi connectivity index (χ0n) is 22.6. The number of fused-ring (bicyclic) bond motifs is 7. The Labute approximate surface area is 210 Å². The van der Waals surface area contributed by atoms with Crippen molar-refractivity contribution in [2.45, 2.75) is 112 Å². The highest BCUT2D eigenvalue weighted by atomic mass is 16.4. The average Bonchev–Trinajstić information content (AvgIpc) is 2.77. The van der Waals surface area contributed by atoms with Gasteiger partial charge in [0.25, 0.3) is 0 Å². The molecule has 0 saturated heterocycles. The Bertz CT molecular complexity index is 970. The van der Waals surface area contributed by atoms with E-state index < -0.39 is 29.0 Å². The summed E-state index contributed by atoms with van der Waals surface area (Å²) >= 11 is 0. The number of rotatable bonds is 2. The molecule has 0 radical (unpaired) electrons. The molecule has 0 aromatic rings. The number of aliphatic hydroxyl groups is 2. The molecule has 0 aromatic heterocycles. The maximum Gasteiger partial charge on any atom is 0.310 e. The summed E-state index contributed by atoms with van der Waals surface area (Å²) in [6, 6.07) is 0. The number of carboxylic acids is 1. The zero-order valence-corrected chi connectivity index (χ0v) is 22.6. The standard InChI is InChI=1S/C30H46O5/c1-25(2)11-13-30(24(34)35)14-12-28(5)18(19(30)15-25)7-8-22-26(3)16-20(32)23(33)27(4,17-31)21(26)9-10-29(22,28)6/h7,17,19-23,32-33H,8-16H2,1-6H3,(H,34,35)/t19-,20+,21?,22-,23+,26+,27?,28-,29-,30+/m1/s1. The molecule has 0 aromatic carbocycles. The number of carbonyl (C=O) groups excluding carboxylic acids is 1. The minimum atomic E-state index is -1.02. The molecule has 0 bridgehead atoms. The van der Waals surface area contributed by atoms with E-state index >= 15 is 0 Å². The highest BCUT2D eigenvalue weighted by Gasteiger charge is 2.70. The fourth-order valence-electron chi connectivity index (χ4n) is 10.6. The van der Waals surface area contributed by atoms with Crippen LogP contribution in [-0.2, 0) is 9.59 Å². The largest absolute Gasteiger partial charge is 0.481 e. The topological polar surface area (TPSA) is 94.8 Å². The Morgan fingerprint density at radius 1 is 0.943 bits per heavy atom. The van der Waals surface area contributed by atoms with Gasteiger partial charge in [-0.25, -0.2) is 0 Å². The van der Waals surface area contributed by atoms with Crippen LogP contribution in [0.15, 0.2) is 11.6 Å². The molecule has 5 nitrogen and oxygen atoms in total. The Kier molecular flexibility index (Phi) is 5.40. The number of carbonyl (C=O) groups is 2. The van der Waals surface area contributed by atoms with Crippen LogP contribution in [0.5, 0.6) is 0 Å². The predicted molar refractivity (Wildman–Crippen MR) is 134 cm³/mol. The number of hydrogen-bond acceptors (Lipinski definition) is 4. The number of hydrogen-bond donors (Lipinski definition) is 3. The molecule has 0 spiro atoms. The van der Waals surface area contributed by atoms with E-state index in [1.807, 2.05) is 6.92 Å². The summed E-state index contributed by atoms with van der Waals surface area (Å²) in [6.07, 6.45) is 8.82. The third-order valence-electron chi connectivity index (χ3n) is 13.0. The molecule has 0 amide bonds. The summed E-state index contributed by atoms with van der Waals surface area (Å²) in [5.41, 5.74) is -0.475. The molecule has 0 aliphatic heterocycles. The highest BCUT2D eigenvalue weighted by molar-refractivity contribution is 5.76. The average molecular weight is 487 g/mol. The molecule has 2 unspecified atom stereocenters. The van der Waals surface area contributed by atoms with Gasteiger partial charge in [0.1, 0.15) is 6.29 Å². The fourth-order valence-corrected chi connectivity index (χ4v) is 10.6. The summed E-state index contributed by atoms with van der Waals surface area (Å²) < 4.78 is 0. The lowest BCUT2D eigenvalue weighted by atomic mass is 9.33. The Morgan fingerprint density at radius 2 is 1.60 bits per heavy atom. The molecule has 3 N–H and O–H groups in total. The van der Waals surface area contributed by atoms with Crippen molar-refractivity contribution in [3.05, 3.63) is 11.6 Å². The summed E-state index contributed by atoms with van der Waals surface area (Å²) in [7, 11) is 0. The minimum Gasteiger partial charge on any atom is -0.481 e. The van der Waals surface area contributed by atoms with E-state index in [9.17, 15) is 24.9 Å². The van der Waals surface area contributed by atoms with Crippen LogP contribution in [0.25, 0.3) is 0 Å². The lowest BCUT2D eigenvalue weighted by Crippen LogP contribution is -2.67. The molecule has 0 heterocycles. The van der Waals surface area contributed by atoms with Crippen LogP contribution in [0.3, 0.4) is 0 Å². The van der Waals surface area contributed by atoms with Gasteiger partial charge in [-0.05, 0) is 97.2 Å². The van der Waals surface area contributed by atoms with Crippen molar-refractivity contribution in [1.29, 1.82) is 0 Å². The van der Waals surface area contributed by atoms with Crippen LogP contribution in [0, 0.1) is 50.2 Å². The second kappa shape index (κ2) is 7.43. The second-order valence-corrected chi connectivity index (χ2v) is 14.9. The van der Waals surface area contributed by atoms with Crippen LogP contribution < -0.4 is 0 Å². The van der Waals surface area contributed by atoms with Gasteiger partial charge in [0, 0.05) is 0 Å². The SMILES string of the molecule is CC1(C)CC[C@]2(C(=O)O)CC[C@]3(C)C(=CC[C@@H]4[C@@]5(C)C[C@H](O)[C@H](O)C(C)(C=O)C5CC[C@]43C)[C@H]2C1. The van der Waals surface area contributed by atoms with E-state index in [1.54, 1.807) is 0 Å². The minimum absolute atomic E-state index is 0.0258. The van der Waals surface area contributed by atoms with Crippen molar-refractivity contribution in [2.24, 2.45) is 50.2 Å². The first-order chi connectivity index (χ1) is 16.1. The summed E-state index contributed by atoms with van der Waals surface area (Å²) in [5.74, 6) is -0.240. The van der Waals surface area contributed by atoms with E-state index in [1.165, 1.54) is 5.57 Å². The first kappa shape index (κ1) is 25.4. The smallest absolute Gasteiger partial charge is 0.310 e. The first-order valence-corrected chi connectivity index (χ1v) is 13.9. The molecule has 5 aliphatic rings. The van der Waals surface area contributed by atoms with Gasteiger partial charge in [-0.2, -0.15) is 0 Å². The third-order valence-corrected chi connectivity index (χ3v) is 13.0. The normalized spacial score (nSPS) is 54.9. The van der Waals surface area contributed by atoms with Crippen LogP contribution >= 0.6 is 0 Å². The maximum absolute atomic E-state index is 12.8. The predicted octanol–water partition coefficient (Wildman–Crippen LogP) is 5.38. The van der Waals surface area contributed by atoms with Gasteiger partial charge in [0.2, 0.25) is 0 Å². The van der Waals surface area contributed by atoms with E-state index in [4.69, 9.17) is 0 Å². The van der Waals surface area contributed by atoms with Crippen molar-refractivity contribution in [1.82, 2.24) is 0 Å². The first-order valence-electron chi connectivity index (χ1n) is 13.9. The molecule has 5 heteroatoms. The van der Waals surface area contributed by atoms with E-state index in [-0.39, 0.29) is 39.4 Å². The van der Waals surface area contributed by atoms with Crippen molar-refractivity contribution < 1.29 is 24.9 Å². The van der Waals surface area contributed by atoms with Gasteiger partial charge < -0.3 is 20.1 Å². The molecule has 196 valence electrons. The van der Waals surface area contributed by atoms with Gasteiger partial charge in [-0.3, -0.25) is 4.79 Å². The summed E-state index contributed by atoms with van der Waals surface area (Å²) in [5, 5.41) is 32.3. The number of carboxylic acid groups (broad SMARTS) is 1. The van der Waals surface area contributed by atoms with Gasteiger partial charge in [0.15, 0.2) is 0 Å². The van der Waals surface area contributed by atoms with Gasteiger partial charge in [-0.15, -0.1) is 0 Å². The van der Waals surface area contributed by atoms with Gasteiger partial charge >= 0.3 is 5.97 Å². The summed E-state index contributed by atoms with van der Waals surface area (Å²) in [6.45, 7) is 13.5. The second-order valence-electron chi connectivity index (χ2n) is 14.9. The summed E-state index contributed by atoms with van der Waals surface area (Å²) in [4.78, 5) is 25.1. The lowest BCUT2D eigenvalue weighted by molar-refractivity contribution is -0.228. The number of aliphatic carboxylic acids is 1. The van der Waals surface area contributed by atoms with Crippen LogP contribution in [0.1, 0.15) is 99.3 Å². The fraction of sp³-hybridized carbons (Fsp3) is 0.867. The van der Waals surface area contributed by atoms with Crippen molar-refractivity contribution in [3.63, 3.8) is 0 Å². The number of aliphatic hydroxyl groups excluding tert-OH is 2. The van der Waals surface area contributed by atoms with Crippen LogP contribution in [0.4, 0.5) is 0 Å². The maximum atomic E-state index is 12.8. The number of aldehydes is 1. The molecular weight excluding hydrogens is 440 g/mol. The Balaban J connectivity index is 1.61. The highest BCUT2D eigenvalue weighted by Crippen LogP contribution is 2.75. The molecule has 4 saturated carbocycles. The molecule has 5 aliphatic carbocycles. The van der Waals surface area contributed by atoms with Crippen molar-refractivity contribution >= 4 is 12.3 Å². The molecule has 35 heavy (non-hydrogen) atoms. The van der Waals surface area contributed by atoms with Crippen molar-refractivity contribution in [3.8, 4) is 0 Å². The monoisotopic (exact) mass is 486 g/mol. The Hall–Kier alpha value is -1.20. The van der Waals surface area contributed by atoms with E-state index in [0.717, 1.165) is 57.7 Å². The third kappa shape index (κ3) is 3.00. The van der Waals surface area contributed by atoms with Gasteiger partial charge in [-0.1, -0.05) is 53.2 Å². The van der Waals surface area contributed by atoms with E-state index in [0.29, 0.717) is 6.42 Å². The Morgan fingerprint density at radius 3 is 2.23 bits per heavy atom. The van der Waals surface area contributed by atoms with E-state index in [2.05, 4.69) is 40.7 Å². The molecule has 5 rings (SSSR count). The lowest BCUT2D eigenvalue weighted by Gasteiger charge is -2.71. The molecule has 10 atom stereocenters.